The van der Waals surface area contributed by atoms with Crippen molar-refractivity contribution in [3.05, 3.63) is 45.0 Å². The maximum Gasteiger partial charge on any atom is 0.356 e. The average molecular weight is 318 g/mol. The normalized spacial score (nSPS) is 10.5. The fraction of sp³-hybridized carbons (Fsp3) is 0. The number of pyridine rings is 1. The number of carboxylic acid groups (broad SMARTS) is 1. The van der Waals surface area contributed by atoms with Gasteiger partial charge in [-0.25, -0.2) is 9.78 Å². The number of hydrogen-bond donors (Lipinski definition) is 2. The first-order valence-corrected chi connectivity index (χ1v) is 6.19. The summed E-state index contributed by atoms with van der Waals surface area (Å²) in [5.41, 5.74) is 6.22. The SMILES string of the molecule is Nc1ccc(-c2ccc(Cl)c(Cl)c2Cl)nc1C(=O)O. The smallest absolute Gasteiger partial charge is 0.356 e. The van der Waals surface area contributed by atoms with Gasteiger partial charge in [-0.15, -0.1) is 0 Å². The average Bonchev–Trinajstić information content (AvgIpc) is 2.37. The van der Waals surface area contributed by atoms with Gasteiger partial charge in [-0.1, -0.05) is 34.8 Å². The molecule has 1 aromatic heterocycles. The van der Waals surface area contributed by atoms with Gasteiger partial charge in [-0.2, -0.15) is 0 Å². The van der Waals surface area contributed by atoms with Gasteiger partial charge >= 0.3 is 5.97 Å². The highest BCUT2D eigenvalue weighted by atomic mass is 35.5. The van der Waals surface area contributed by atoms with Crippen LogP contribution in [0.15, 0.2) is 24.3 Å². The molecule has 0 fully saturated rings. The van der Waals surface area contributed by atoms with Crippen LogP contribution in [0.25, 0.3) is 11.3 Å². The fourth-order valence-electron chi connectivity index (χ4n) is 1.51. The van der Waals surface area contributed by atoms with Crippen LogP contribution in [0.1, 0.15) is 10.5 Å². The minimum Gasteiger partial charge on any atom is -0.476 e. The molecular formula is C12H7Cl3N2O2. The van der Waals surface area contributed by atoms with Crippen molar-refractivity contribution in [2.75, 3.05) is 5.73 Å². The second-order valence-corrected chi connectivity index (χ2v) is 4.83. The van der Waals surface area contributed by atoms with E-state index in [2.05, 4.69) is 4.98 Å². The van der Waals surface area contributed by atoms with Crippen molar-refractivity contribution in [1.29, 1.82) is 0 Å². The van der Waals surface area contributed by atoms with Crippen LogP contribution in [0.4, 0.5) is 5.69 Å². The van der Waals surface area contributed by atoms with Crippen LogP contribution in [0, 0.1) is 0 Å². The van der Waals surface area contributed by atoms with Gasteiger partial charge in [0.2, 0.25) is 0 Å². The Morgan fingerprint density at radius 3 is 2.42 bits per heavy atom. The lowest BCUT2D eigenvalue weighted by Crippen LogP contribution is -2.06. The van der Waals surface area contributed by atoms with E-state index in [9.17, 15) is 4.79 Å². The Kier molecular flexibility index (Phi) is 3.85. The molecular weight excluding hydrogens is 311 g/mol. The topological polar surface area (TPSA) is 76.2 Å². The van der Waals surface area contributed by atoms with Crippen molar-refractivity contribution in [1.82, 2.24) is 4.98 Å². The summed E-state index contributed by atoms with van der Waals surface area (Å²) in [7, 11) is 0. The monoisotopic (exact) mass is 316 g/mol. The van der Waals surface area contributed by atoms with Gasteiger partial charge in [0.05, 0.1) is 26.4 Å². The first-order chi connectivity index (χ1) is 8.91. The molecule has 4 nitrogen and oxygen atoms in total. The number of carboxylic acids is 1. The maximum absolute atomic E-state index is 11.0. The minimum atomic E-state index is -1.21. The Hall–Kier alpha value is -1.49. The zero-order chi connectivity index (χ0) is 14.2. The van der Waals surface area contributed by atoms with Crippen LogP contribution in [0.5, 0.6) is 0 Å². The fourth-order valence-corrected chi connectivity index (χ4v) is 2.15. The van der Waals surface area contributed by atoms with Gasteiger partial charge in [0, 0.05) is 5.56 Å². The zero-order valence-electron chi connectivity index (χ0n) is 9.32. The van der Waals surface area contributed by atoms with E-state index in [0.717, 1.165) is 0 Å². The van der Waals surface area contributed by atoms with E-state index in [4.69, 9.17) is 45.6 Å². The number of nitrogen functional groups attached to an aromatic ring is 1. The second kappa shape index (κ2) is 5.25. The molecule has 0 aliphatic rings. The van der Waals surface area contributed by atoms with Crippen LogP contribution in [0.2, 0.25) is 15.1 Å². The number of nitrogens with two attached hydrogens (primary N) is 1. The molecule has 7 heteroatoms. The van der Waals surface area contributed by atoms with Crippen molar-refractivity contribution in [2.45, 2.75) is 0 Å². The number of aromatic nitrogens is 1. The van der Waals surface area contributed by atoms with E-state index in [0.29, 0.717) is 16.3 Å². The van der Waals surface area contributed by atoms with Crippen LogP contribution < -0.4 is 5.73 Å². The molecule has 0 unspecified atom stereocenters. The van der Waals surface area contributed by atoms with E-state index >= 15 is 0 Å². The summed E-state index contributed by atoms with van der Waals surface area (Å²) in [6, 6.07) is 6.18. The lowest BCUT2D eigenvalue weighted by molar-refractivity contribution is 0.0692. The standard InChI is InChI=1S/C12H7Cl3N2O2/c13-6-2-1-5(9(14)10(6)15)8-4-3-7(16)11(17-8)12(18)19/h1-4H,16H2,(H,18,19). The summed E-state index contributed by atoms with van der Waals surface area (Å²) in [5, 5.41) is 9.69. The van der Waals surface area contributed by atoms with E-state index in [1.54, 1.807) is 18.2 Å². The number of nitrogens with zero attached hydrogens (tertiary/aromatic N) is 1. The molecule has 0 saturated heterocycles. The van der Waals surface area contributed by atoms with Crippen LogP contribution in [-0.4, -0.2) is 16.1 Å². The second-order valence-electron chi connectivity index (χ2n) is 3.66. The lowest BCUT2D eigenvalue weighted by Gasteiger charge is -2.08. The molecule has 3 N–H and O–H groups in total. The molecule has 0 aliphatic heterocycles. The number of hydrogen-bond acceptors (Lipinski definition) is 3. The molecule has 0 amide bonds. The molecule has 1 heterocycles. The third kappa shape index (κ3) is 2.61. The molecule has 0 saturated carbocycles. The molecule has 0 aliphatic carbocycles. The van der Waals surface area contributed by atoms with Gasteiger partial charge in [-0.05, 0) is 24.3 Å². The third-order valence-corrected chi connectivity index (χ3v) is 3.73. The Morgan fingerprint density at radius 1 is 1.11 bits per heavy atom. The Morgan fingerprint density at radius 2 is 1.79 bits per heavy atom. The van der Waals surface area contributed by atoms with Crippen LogP contribution in [-0.2, 0) is 0 Å². The Labute approximate surface area is 123 Å². The summed E-state index contributed by atoms with van der Waals surface area (Å²) in [4.78, 5) is 15.0. The summed E-state index contributed by atoms with van der Waals surface area (Å²) in [6.45, 7) is 0. The molecule has 2 rings (SSSR count). The minimum absolute atomic E-state index is 0.0763. The van der Waals surface area contributed by atoms with E-state index in [1.165, 1.54) is 6.07 Å². The molecule has 19 heavy (non-hydrogen) atoms. The van der Waals surface area contributed by atoms with E-state index < -0.39 is 5.97 Å². The molecule has 0 radical (unpaired) electrons. The van der Waals surface area contributed by atoms with Gasteiger partial charge in [0.1, 0.15) is 0 Å². The van der Waals surface area contributed by atoms with Gasteiger partial charge in [-0.3, -0.25) is 0 Å². The van der Waals surface area contributed by atoms with Crippen LogP contribution in [0.3, 0.4) is 0 Å². The number of benzene rings is 1. The summed E-state index contributed by atoms with van der Waals surface area (Å²) < 4.78 is 0. The van der Waals surface area contributed by atoms with E-state index in [1.807, 2.05) is 0 Å². The number of rotatable bonds is 2. The molecule has 1 aromatic carbocycles. The lowest BCUT2D eigenvalue weighted by atomic mass is 10.1. The number of halogens is 3. The quantitative estimate of drug-likeness (QED) is 0.821. The van der Waals surface area contributed by atoms with Crippen LogP contribution >= 0.6 is 34.8 Å². The van der Waals surface area contributed by atoms with Gasteiger partial charge in [0.15, 0.2) is 5.69 Å². The van der Waals surface area contributed by atoms with E-state index in [-0.39, 0.29) is 21.4 Å². The van der Waals surface area contributed by atoms with Crippen molar-refractivity contribution >= 4 is 46.5 Å². The molecule has 0 atom stereocenters. The predicted octanol–water partition coefficient (Wildman–Crippen LogP) is 3.99. The number of aromatic carboxylic acids is 1. The highest BCUT2D eigenvalue weighted by molar-refractivity contribution is 6.49. The van der Waals surface area contributed by atoms with Gasteiger partial charge < -0.3 is 10.8 Å². The van der Waals surface area contributed by atoms with Crippen molar-refractivity contribution in [3.8, 4) is 11.3 Å². The molecule has 98 valence electrons. The summed E-state index contributed by atoms with van der Waals surface area (Å²) in [5.74, 6) is -1.21. The first-order valence-electron chi connectivity index (χ1n) is 5.05. The van der Waals surface area contributed by atoms with Crippen molar-refractivity contribution < 1.29 is 9.90 Å². The van der Waals surface area contributed by atoms with Crippen molar-refractivity contribution in [3.63, 3.8) is 0 Å². The zero-order valence-corrected chi connectivity index (χ0v) is 11.6. The largest absolute Gasteiger partial charge is 0.476 e. The molecule has 2 aromatic rings. The molecule has 0 spiro atoms. The third-order valence-electron chi connectivity index (χ3n) is 2.44. The Balaban J connectivity index is 2.63. The maximum atomic E-state index is 11.0. The predicted molar refractivity (Wildman–Crippen MR) is 76.1 cm³/mol. The first kappa shape index (κ1) is 13.9. The molecule has 0 bridgehead atoms. The summed E-state index contributed by atoms with van der Waals surface area (Å²) >= 11 is 17.8. The Bertz CT molecular complexity index is 674. The number of carbonyl (C=O) groups is 1. The highest BCUT2D eigenvalue weighted by Crippen LogP contribution is 2.37. The number of anilines is 1. The van der Waals surface area contributed by atoms with Gasteiger partial charge in [0.25, 0.3) is 0 Å². The highest BCUT2D eigenvalue weighted by Gasteiger charge is 2.15. The summed E-state index contributed by atoms with van der Waals surface area (Å²) in [6.07, 6.45) is 0. The van der Waals surface area contributed by atoms with Crippen molar-refractivity contribution in [2.24, 2.45) is 0 Å².